The van der Waals surface area contributed by atoms with Crippen LogP contribution in [-0.4, -0.2) is 32.3 Å². The highest BCUT2D eigenvalue weighted by atomic mass is 79.9. The van der Waals surface area contributed by atoms with Crippen LogP contribution in [0.4, 0.5) is 5.69 Å². The van der Waals surface area contributed by atoms with E-state index in [4.69, 9.17) is 4.74 Å². The highest BCUT2D eigenvalue weighted by molar-refractivity contribution is 9.10. The summed E-state index contributed by atoms with van der Waals surface area (Å²) in [7, 11) is 0. The van der Waals surface area contributed by atoms with Crippen molar-refractivity contribution in [2.24, 2.45) is 0 Å². The molecule has 1 rings (SSSR count). The van der Waals surface area contributed by atoms with E-state index < -0.39 is 0 Å². The molecule has 1 N–H and O–H groups in total. The summed E-state index contributed by atoms with van der Waals surface area (Å²) in [5.74, 6) is 0. The Morgan fingerprint density at radius 1 is 1.30 bits per heavy atom. The number of nitrogens with one attached hydrogen (secondary N) is 1. The highest BCUT2D eigenvalue weighted by Crippen LogP contribution is 2.24. The maximum atomic E-state index is 5.48. The van der Waals surface area contributed by atoms with Crippen molar-refractivity contribution in [3.8, 4) is 0 Å². The Morgan fingerprint density at radius 3 is 2.65 bits per heavy atom. The Kier molecular flexibility index (Phi) is 8.19. The van der Waals surface area contributed by atoms with E-state index in [2.05, 4.69) is 65.1 Å². The van der Waals surface area contributed by atoms with Crippen LogP contribution >= 0.6 is 15.9 Å². The van der Waals surface area contributed by atoms with E-state index in [1.165, 1.54) is 11.3 Å². The number of likely N-dealkylation sites (N-methyl/N-ethyl adjacent to an activating group) is 1. The number of rotatable bonds is 9. The largest absolute Gasteiger partial charge is 0.380 e. The molecule has 3 nitrogen and oxygen atoms in total. The molecule has 0 fully saturated rings. The first-order valence-corrected chi connectivity index (χ1v) is 8.22. The summed E-state index contributed by atoms with van der Waals surface area (Å²) in [5, 5.41) is 3.50. The second-order valence-electron chi connectivity index (χ2n) is 5.09. The summed E-state index contributed by atoms with van der Waals surface area (Å²) in [6.07, 6.45) is 0. The Hall–Kier alpha value is -0.580. The van der Waals surface area contributed by atoms with Gasteiger partial charge in [-0.3, -0.25) is 0 Å². The average Bonchev–Trinajstić information content (AvgIpc) is 2.42. The lowest BCUT2D eigenvalue weighted by atomic mass is 10.1. The van der Waals surface area contributed by atoms with Gasteiger partial charge in [-0.05, 0) is 37.6 Å². The topological polar surface area (TPSA) is 24.5 Å². The van der Waals surface area contributed by atoms with E-state index in [-0.39, 0.29) is 0 Å². The van der Waals surface area contributed by atoms with Crippen LogP contribution in [0.5, 0.6) is 0 Å². The Bertz CT molecular complexity index is 396. The molecule has 1 aromatic rings. The molecule has 4 heteroatoms. The van der Waals surface area contributed by atoms with E-state index in [9.17, 15) is 0 Å². The van der Waals surface area contributed by atoms with E-state index in [0.717, 1.165) is 37.3 Å². The van der Waals surface area contributed by atoms with E-state index in [1.807, 2.05) is 6.92 Å². The van der Waals surface area contributed by atoms with Gasteiger partial charge in [0.1, 0.15) is 0 Å². The van der Waals surface area contributed by atoms with Crippen LogP contribution in [0.15, 0.2) is 22.7 Å². The first-order valence-electron chi connectivity index (χ1n) is 7.43. The maximum Gasteiger partial charge on any atom is 0.0641 e. The molecule has 0 aliphatic carbocycles. The number of hydrogen-bond acceptors (Lipinski definition) is 3. The molecule has 0 heterocycles. The molecule has 114 valence electrons. The zero-order valence-electron chi connectivity index (χ0n) is 13.1. The summed E-state index contributed by atoms with van der Waals surface area (Å²) in [4.78, 5) is 2.37. The molecule has 0 saturated heterocycles. The summed E-state index contributed by atoms with van der Waals surface area (Å²) in [5.41, 5.74) is 2.62. The summed E-state index contributed by atoms with van der Waals surface area (Å²) in [6, 6.07) is 6.99. The number of benzene rings is 1. The molecular weight excluding hydrogens is 316 g/mol. The third-order valence-electron chi connectivity index (χ3n) is 3.17. The number of hydrogen-bond donors (Lipinski definition) is 1. The molecule has 0 amide bonds. The third-order valence-corrected chi connectivity index (χ3v) is 3.67. The first-order chi connectivity index (χ1) is 9.58. The van der Waals surface area contributed by atoms with E-state index in [1.54, 1.807) is 0 Å². The zero-order valence-corrected chi connectivity index (χ0v) is 14.7. The fourth-order valence-electron chi connectivity index (χ4n) is 2.09. The number of nitrogens with zero attached hydrogens (tertiary/aromatic N) is 1. The predicted molar refractivity (Wildman–Crippen MR) is 90.5 cm³/mol. The van der Waals surface area contributed by atoms with Crippen molar-refractivity contribution in [2.75, 3.05) is 31.2 Å². The molecule has 0 aromatic heterocycles. The summed E-state index contributed by atoms with van der Waals surface area (Å²) >= 11 is 3.57. The van der Waals surface area contributed by atoms with Crippen LogP contribution in [0.1, 0.15) is 33.3 Å². The fraction of sp³-hybridized carbons (Fsp3) is 0.625. The van der Waals surface area contributed by atoms with Gasteiger partial charge in [0.2, 0.25) is 0 Å². The Labute approximate surface area is 131 Å². The van der Waals surface area contributed by atoms with Crippen molar-refractivity contribution in [1.29, 1.82) is 0 Å². The summed E-state index contributed by atoms with van der Waals surface area (Å²) < 4.78 is 6.61. The van der Waals surface area contributed by atoms with Gasteiger partial charge in [0.15, 0.2) is 0 Å². The molecular formula is C16H27BrN2O. The molecule has 0 unspecified atom stereocenters. The van der Waals surface area contributed by atoms with E-state index in [0.29, 0.717) is 6.04 Å². The first kappa shape index (κ1) is 17.5. The molecule has 1 aromatic carbocycles. The van der Waals surface area contributed by atoms with Gasteiger partial charge in [0.25, 0.3) is 0 Å². The van der Waals surface area contributed by atoms with E-state index >= 15 is 0 Å². The monoisotopic (exact) mass is 342 g/mol. The van der Waals surface area contributed by atoms with Gasteiger partial charge in [-0.1, -0.05) is 29.8 Å². The van der Waals surface area contributed by atoms with Gasteiger partial charge >= 0.3 is 0 Å². The van der Waals surface area contributed by atoms with Crippen LogP contribution in [0.25, 0.3) is 0 Å². The van der Waals surface area contributed by atoms with Crippen LogP contribution in [0, 0.1) is 0 Å². The molecule has 0 aliphatic rings. The van der Waals surface area contributed by atoms with Crippen LogP contribution in [0.3, 0.4) is 0 Å². The lowest BCUT2D eigenvalue weighted by Gasteiger charge is -2.26. The predicted octanol–water partition coefficient (Wildman–Crippen LogP) is 3.81. The van der Waals surface area contributed by atoms with Gasteiger partial charge in [0, 0.05) is 42.4 Å². The number of ether oxygens (including phenoxy) is 1. The number of anilines is 1. The molecule has 0 saturated carbocycles. The average molecular weight is 343 g/mol. The van der Waals surface area contributed by atoms with Gasteiger partial charge in [0.05, 0.1) is 6.61 Å². The third kappa shape index (κ3) is 5.81. The molecule has 20 heavy (non-hydrogen) atoms. The van der Waals surface area contributed by atoms with Gasteiger partial charge in [-0.25, -0.2) is 0 Å². The van der Waals surface area contributed by atoms with Crippen LogP contribution < -0.4 is 10.2 Å². The van der Waals surface area contributed by atoms with Crippen molar-refractivity contribution >= 4 is 21.6 Å². The van der Waals surface area contributed by atoms with Crippen LogP contribution in [0.2, 0.25) is 0 Å². The van der Waals surface area contributed by atoms with Crippen molar-refractivity contribution in [3.63, 3.8) is 0 Å². The van der Waals surface area contributed by atoms with Crippen molar-refractivity contribution in [3.05, 3.63) is 28.2 Å². The van der Waals surface area contributed by atoms with Crippen LogP contribution in [-0.2, 0) is 11.3 Å². The minimum Gasteiger partial charge on any atom is -0.380 e. The van der Waals surface area contributed by atoms with Crippen molar-refractivity contribution in [1.82, 2.24) is 5.32 Å². The second-order valence-corrected chi connectivity index (χ2v) is 6.00. The van der Waals surface area contributed by atoms with Gasteiger partial charge in [-0.2, -0.15) is 0 Å². The molecule has 0 spiro atoms. The highest BCUT2D eigenvalue weighted by Gasteiger charge is 2.10. The van der Waals surface area contributed by atoms with Gasteiger partial charge < -0.3 is 15.0 Å². The molecule has 0 bridgehead atoms. The standard InChI is InChI=1S/C16H27BrN2O/c1-5-19(9-10-20-6-2)16-8-7-15(17)11-14(16)12-18-13(3)4/h7-8,11,13,18H,5-6,9-10,12H2,1-4H3. The molecule has 0 radical (unpaired) electrons. The lowest BCUT2D eigenvalue weighted by molar-refractivity contribution is 0.154. The smallest absolute Gasteiger partial charge is 0.0641 e. The van der Waals surface area contributed by atoms with Crippen molar-refractivity contribution < 1.29 is 4.74 Å². The minimum absolute atomic E-state index is 0.486. The van der Waals surface area contributed by atoms with Gasteiger partial charge in [-0.15, -0.1) is 0 Å². The summed E-state index contributed by atoms with van der Waals surface area (Å²) in [6.45, 7) is 12.9. The molecule has 0 aliphatic heterocycles. The van der Waals surface area contributed by atoms with Crippen molar-refractivity contribution in [2.45, 2.75) is 40.3 Å². The SMILES string of the molecule is CCOCCN(CC)c1ccc(Br)cc1CNC(C)C. The maximum absolute atomic E-state index is 5.48. The second kappa shape index (κ2) is 9.37. The quantitative estimate of drug-likeness (QED) is 0.690. The zero-order chi connectivity index (χ0) is 15.0. The Morgan fingerprint density at radius 2 is 2.05 bits per heavy atom. The minimum atomic E-state index is 0.486. The molecule has 0 atom stereocenters. The fourth-order valence-corrected chi connectivity index (χ4v) is 2.49. The lowest BCUT2D eigenvalue weighted by Crippen LogP contribution is -2.29. The normalized spacial score (nSPS) is 11.1. The Balaban J connectivity index is 2.83. The number of halogens is 1.